The van der Waals surface area contributed by atoms with E-state index >= 15 is 0 Å². The molecule has 0 bridgehead atoms. The lowest BCUT2D eigenvalue weighted by Gasteiger charge is -2.06. The molecule has 5 heteroatoms. The summed E-state index contributed by atoms with van der Waals surface area (Å²) in [5, 5.41) is 10.8. The van der Waals surface area contributed by atoms with Gasteiger partial charge in [-0.1, -0.05) is 6.07 Å². The molecular weight excluding hydrogens is 276 g/mol. The van der Waals surface area contributed by atoms with E-state index in [1.807, 2.05) is 17.5 Å². The normalized spacial score (nSPS) is 10.4. The molecule has 1 aromatic carbocycles. The standard InChI is InChI=1S/C15H16O4S/c16-15(17)12-4-6-13(7-5-12)19-9-2-8-18-11-14-3-1-10-20-14/h1,3-7,10H,2,8-9,11H2,(H,16,17). The Balaban J connectivity index is 1.59. The number of hydrogen-bond acceptors (Lipinski definition) is 4. The van der Waals surface area contributed by atoms with E-state index in [4.69, 9.17) is 14.6 Å². The predicted octanol–water partition coefficient (Wildman–Crippen LogP) is 3.43. The first-order valence-corrected chi connectivity index (χ1v) is 7.20. The van der Waals surface area contributed by atoms with E-state index in [1.165, 1.54) is 17.0 Å². The Morgan fingerprint density at radius 3 is 2.60 bits per heavy atom. The molecule has 0 amide bonds. The number of carbonyl (C=O) groups is 1. The second-order valence-corrected chi connectivity index (χ2v) is 5.20. The molecule has 0 saturated heterocycles. The lowest BCUT2D eigenvalue weighted by atomic mass is 10.2. The van der Waals surface area contributed by atoms with Crippen LogP contribution in [0.3, 0.4) is 0 Å². The summed E-state index contributed by atoms with van der Waals surface area (Å²) in [6.07, 6.45) is 0.798. The van der Waals surface area contributed by atoms with Crippen LogP contribution in [0, 0.1) is 0 Å². The molecule has 1 N–H and O–H groups in total. The smallest absolute Gasteiger partial charge is 0.335 e. The quantitative estimate of drug-likeness (QED) is 0.757. The van der Waals surface area contributed by atoms with Crippen LogP contribution < -0.4 is 4.74 Å². The van der Waals surface area contributed by atoms with Gasteiger partial charge in [-0.05, 0) is 35.7 Å². The number of carboxylic acid groups (broad SMARTS) is 1. The van der Waals surface area contributed by atoms with E-state index < -0.39 is 5.97 Å². The van der Waals surface area contributed by atoms with Crippen molar-refractivity contribution >= 4 is 17.3 Å². The van der Waals surface area contributed by atoms with Gasteiger partial charge in [0.25, 0.3) is 0 Å². The summed E-state index contributed by atoms with van der Waals surface area (Å²) in [5.41, 5.74) is 0.261. The van der Waals surface area contributed by atoms with Gasteiger partial charge < -0.3 is 14.6 Å². The first-order chi connectivity index (χ1) is 9.75. The van der Waals surface area contributed by atoms with Crippen LogP contribution in [0.2, 0.25) is 0 Å². The topological polar surface area (TPSA) is 55.8 Å². The zero-order valence-electron chi connectivity index (χ0n) is 11.0. The summed E-state index contributed by atoms with van der Waals surface area (Å²) in [5.74, 6) is -0.258. The van der Waals surface area contributed by atoms with Crippen LogP contribution >= 0.6 is 11.3 Å². The molecule has 0 atom stereocenters. The zero-order valence-corrected chi connectivity index (χ0v) is 11.8. The van der Waals surface area contributed by atoms with Crippen molar-refractivity contribution in [2.45, 2.75) is 13.0 Å². The molecule has 0 unspecified atom stereocenters. The highest BCUT2D eigenvalue weighted by molar-refractivity contribution is 7.09. The molecule has 2 rings (SSSR count). The molecule has 0 radical (unpaired) electrons. The fourth-order valence-electron chi connectivity index (χ4n) is 1.61. The van der Waals surface area contributed by atoms with Gasteiger partial charge in [-0.25, -0.2) is 4.79 Å². The molecule has 4 nitrogen and oxygen atoms in total. The van der Waals surface area contributed by atoms with Crippen molar-refractivity contribution in [3.05, 3.63) is 52.2 Å². The number of rotatable bonds is 8. The molecule has 0 fully saturated rings. The van der Waals surface area contributed by atoms with Crippen molar-refractivity contribution in [3.8, 4) is 5.75 Å². The molecular formula is C15H16O4S. The second-order valence-electron chi connectivity index (χ2n) is 4.16. The van der Waals surface area contributed by atoms with Gasteiger partial charge in [0.15, 0.2) is 0 Å². The van der Waals surface area contributed by atoms with E-state index in [1.54, 1.807) is 23.5 Å². The van der Waals surface area contributed by atoms with Crippen molar-refractivity contribution < 1.29 is 19.4 Å². The van der Waals surface area contributed by atoms with Gasteiger partial charge in [-0.15, -0.1) is 11.3 Å². The first-order valence-electron chi connectivity index (χ1n) is 6.32. The van der Waals surface area contributed by atoms with Gasteiger partial charge in [0.2, 0.25) is 0 Å². The minimum absolute atomic E-state index is 0.261. The third-order valence-electron chi connectivity index (χ3n) is 2.63. The van der Waals surface area contributed by atoms with Crippen LogP contribution in [0.1, 0.15) is 21.7 Å². The minimum Gasteiger partial charge on any atom is -0.494 e. The highest BCUT2D eigenvalue weighted by atomic mass is 32.1. The Morgan fingerprint density at radius 1 is 1.15 bits per heavy atom. The van der Waals surface area contributed by atoms with Crippen LogP contribution in [0.4, 0.5) is 0 Å². The van der Waals surface area contributed by atoms with Gasteiger partial charge >= 0.3 is 5.97 Å². The van der Waals surface area contributed by atoms with E-state index in [9.17, 15) is 4.79 Å². The maximum absolute atomic E-state index is 10.7. The second kappa shape index (κ2) is 7.67. The number of carboxylic acids is 1. The Hall–Kier alpha value is -1.85. The molecule has 2 aromatic rings. The molecule has 20 heavy (non-hydrogen) atoms. The van der Waals surface area contributed by atoms with Crippen molar-refractivity contribution in [2.24, 2.45) is 0 Å². The third-order valence-corrected chi connectivity index (χ3v) is 3.48. The molecule has 0 spiro atoms. The SMILES string of the molecule is O=C(O)c1ccc(OCCCOCc2cccs2)cc1. The van der Waals surface area contributed by atoms with E-state index in [0.29, 0.717) is 25.6 Å². The lowest BCUT2D eigenvalue weighted by molar-refractivity contribution is 0.0697. The fraction of sp³-hybridized carbons (Fsp3) is 0.267. The van der Waals surface area contributed by atoms with E-state index in [2.05, 4.69) is 0 Å². The van der Waals surface area contributed by atoms with Crippen molar-refractivity contribution in [1.82, 2.24) is 0 Å². The lowest BCUT2D eigenvalue weighted by Crippen LogP contribution is -2.03. The monoisotopic (exact) mass is 292 g/mol. The number of benzene rings is 1. The highest BCUT2D eigenvalue weighted by Gasteiger charge is 2.02. The molecule has 0 saturated carbocycles. The molecule has 1 aromatic heterocycles. The van der Waals surface area contributed by atoms with Gasteiger partial charge in [-0.2, -0.15) is 0 Å². The van der Waals surface area contributed by atoms with E-state index in [-0.39, 0.29) is 5.56 Å². The summed E-state index contributed by atoms with van der Waals surface area (Å²) in [4.78, 5) is 11.9. The zero-order chi connectivity index (χ0) is 14.2. The summed E-state index contributed by atoms with van der Waals surface area (Å²) in [6.45, 7) is 1.84. The maximum Gasteiger partial charge on any atom is 0.335 e. The predicted molar refractivity (Wildman–Crippen MR) is 77.5 cm³/mol. The van der Waals surface area contributed by atoms with Crippen molar-refractivity contribution in [1.29, 1.82) is 0 Å². The van der Waals surface area contributed by atoms with Gasteiger partial charge in [0, 0.05) is 11.3 Å². The van der Waals surface area contributed by atoms with Crippen LogP contribution in [0.25, 0.3) is 0 Å². The average Bonchev–Trinajstić information content (AvgIpc) is 2.96. The van der Waals surface area contributed by atoms with E-state index in [0.717, 1.165) is 6.42 Å². The minimum atomic E-state index is -0.932. The highest BCUT2D eigenvalue weighted by Crippen LogP contribution is 2.13. The van der Waals surface area contributed by atoms with Gasteiger partial charge in [0.1, 0.15) is 5.75 Å². The molecule has 0 aliphatic rings. The van der Waals surface area contributed by atoms with Crippen LogP contribution in [0.15, 0.2) is 41.8 Å². The summed E-state index contributed by atoms with van der Waals surface area (Å²) in [7, 11) is 0. The van der Waals surface area contributed by atoms with Crippen LogP contribution in [0.5, 0.6) is 5.75 Å². The number of thiophene rings is 1. The number of aromatic carboxylic acids is 1. The fourth-order valence-corrected chi connectivity index (χ4v) is 2.25. The Bertz CT molecular complexity index is 519. The largest absolute Gasteiger partial charge is 0.494 e. The van der Waals surface area contributed by atoms with Crippen molar-refractivity contribution in [2.75, 3.05) is 13.2 Å². The summed E-state index contributed by atoms with van der Waals surface area (Å²) in [6, 6.07) is 10.4. The summed E-state index contributed by atoms with van der Waals surface area (Å²) >= 11 is 1.68. The van der Waals surface area contributed by atoms with Gasteiger partial charge in [0.05, 0.1) is 25.4 Å². The van der Waals surface area contributed by atoms with Crippen LogP contribution in [-0.4, -0.2) is 24.3 Å². The van der Waals surface area contributed by atoms with Crippen LogP contribution in [-0.2, 0) is 11.3 Å². The van der Waals surface area contributed by atoms with Gasteiger partial charge in [-0.3, -0.25) is 0 Å². The Labute approximate surface area is 121 Å². The molecule has 1 heterocycles. The third kappa shape index (κ3) is 4.68. The maximum atomic E-state index is 10.7. The molecule has 0 aliphatic heterocycles. The van der Waals surface area contributed by atoms with Crippen molar-refractivity contribution in [3.63, 3.8) is 0 Å². The number of hydrogen-bond donors (Lipinski definition) is 1. The average molecular weight is 292 g/mol. The Morgan fingerprint density at radius 2 is 1.95 bits per heavy atom. The molecule has 0 aliphatic carbocycles. The first kappa shape index (κ1) is 14.6. The summed E-state index contributed by atoms with van der Waals surface area (Å²) < 4.78 is 11.0. The molecule has 106 valence electrons. The number of ether oxygens (including phenoxy) is 2. The Kier molecular flexibility index (Phi) is 5.58.